The first-order chi connectivity index (χ1) is 18.2. The van der Waals surface area contributed by atoms with Crippen LogP contribution in [0.1, 0.15) is 27.2 Å². The van der Waals surface area contributed by atoms with Gasteiger partial charge in [-0.2, -0.15) is 0 Å². The molecule has 1 fully saturated rings. The van der Waals surface area contributed by atoms with Gasteiger partial charge in [0.15, 0.2) is 5.78 Å². The predicted octanol–water partition coefficient (Wildman–Crippen LogP) is 6.48. The van der Waals surface area contributed by atoms with Gasteiger partial charge in [0.25, 0.3) is 16.8 Å². The minimum atomic E-state index is -0.567. The zero-order valence-corrected chi connectivity index (χ0v) is 21.7. The molecule has 38 heavy (non-hydrogen) atoms. The van der Waals surface area contributed by atoms with E-state index >= 15 is 0 Å². The molecule has 0 bridgehead atoms. The Morgan fingerprint density at radius 3 is 2.42 bits per heavy atom. The molecule has 5 rings (SSSR count). The molecule has 0 N–H and O–H groups in total. The maximum absolute atomic E-state index is 13.2. The number of aromatic nitrogens is 1. The van der Waals surface area contributed by atoms with Crippen LogP contribution in [0.4, 0.5) is 10.5 Å². The number of thioether (sulfide) groups is 1. The van der Waals surface area contributed by atoms with Gasteiger partial charge in [0.1, 0.15) is 0 Å². The fourth-order valence-electron chi connectivity index (χ4n) is 4.41. The molecule has 0 spiro atoms. The molecule has 1 aromatic heterocycles. The summed E-state index contributed by atoms with van der Waals surface area (Å²) in [6.07, 6.45) is 1.70. The number of halogens is 1. The SMILES string of the molecule is Cc1c(/C=C2\SC(=O)N(CC(=O)c3ccc([N+](=O)[O-])cc3)C2=O)c2ccccc2n1Cc1ccccc1Cl. The average Bonchev–Trinajstić information content (AvgIpc) is 3.33. The number of hydrogen-bond donors (Lipinski definition) is 0. The van der Waals surface area contributed by atoms with Crippen LogP contribution < -0.4 is 0 Å². The Labute approximate surface area is 226 Å². The van der Waals surface area contributed by atoms with Crippen LogP contribution >= 0.6 is 23.4 Å². The topological polar surface area (TPSA) is 103 Å². The van der Waals surface area contributed by atoms with Crippen molar-refractivity contribution < 1.29 is 19.3 Å². The van der Waals surface area contributed by atoms with Crippen LogP contribution in [0.5, 0.6) is 0 Å². The Balaban J connectivity index is 1.44. The summed E-state index contributed by atoms with van der Waals surface area (Å²) in [5.74, 6) is -1.05. The molecule has 3 aromatic carbocycles. The first-order valence-corrected chi connectivity index (χ1v) is 12.8. The van der Waals surface area contributed by atoms with E-state index in [0.717, 1.165) is 44.4 Å². The van der Waals surface area contributed by atoms with Gasteiger partial charge < -0.3 is 4.57 Å². The molecule has 1 aliphatic heterocycles. The number of nitrogens with zero attached hydrogens (tertiary/aromatic N) is 3. The molecule has 4 aromatic rings. The fraction of sp³-hybridized carbons (Fsp3) is 0.107. The van der Waals surface area contributed by atoms with Crippen LogP contribution in [-0.2, 0) is 11.3 Å². The number of non-ortho nitro benzene ring substituents is 1. The molecule has 0 unspecified atom stereocenters. The van der Waals surface area contributed by atoms with Crippen LogP contribution in [0.3, 0.4) is 0 Å². The minimum Gasteiger partial charge on any atom is -0.340 e. The number of carbonyl (C=O) groups is 3. The minimum absolute atomic E-state index is 0.153. The van der Waals surface area contributed by atoms with Gasteiger partial charge in [-0.15, -0.1) is 0 Å². The quantitative estimate of drug-likeness (QED) is 0.114. The Hall–Kier alpha value is -4.21. The number of carbonyl (C=O) groups excluding carboxylic acids is 3. The van der Waals surface area contributed by atoms with Gasteiger partial charge in [-0.05, 0) is 54.6 Å². The van der Waals surface area contributed by atoms with Crippen LogP contribution in [0, 0.1) is 17.0 Å². The molecule has 2 heterocycles. The molecule has 0 atom stereocenters. The van der Waals surface area contributed by atoms with E-state index in [2.05, 4.69) is 4.57 Å². The monoisotopic (exact) mass is 545 g/mol. The summed E-state index contributed by atoms with van der Waals surface area (Å²) in [6.45, 7) is 2.03. The van der Waals surface area contributed by atoms with Crippen molar-refractivity contribution in [1.29, 1.82) is 0 Å². The number of fused-ring (bicyclic) bond motifs is 1. The van der Waals surface area contributed by atoms with Crippen LogP contribution in [0.2, 0.25) is 5.02 Å². The fourth-order valence-corrected chi connectivity index (χ4v) is 5.43. The van der Waals surface area contributed by atoms with Crippen LogP contribution in [-0.4, -0.2) is 37.9 Å². The Morgan fingerprint density at radius 1 is 1.03 bits per heavy atom. The third-order valence-electron chi connectivity index (χ3n) is 6.42. The number of Topliss-reactive ketones (excluding diaryl/α,β-unsaturated/α-hetero) is 1. The van der Waals surface area contributed by atoms with E-state index in [1.165, 1.54) is 24.3 Å². The maximum atomic E-state index is 13.2. The molecule has 1 aliphatic rings. The number of benzene rings is 3. The Morgan fingerprint density at radius 2 is 1.71 bits per heavy atom. The van der Waals surface area contributed by atoms with E-state index in [0.29, 0.717) is 11.6 Å². The molecule has 8 nitrogen and oxygen atoms in total. The molecule has 2 amide bonds. The number of rotatable bonds is 7. The highest BCUT2D eigenvalue weighted by atomic mass is 35.5. The van der Waals surface area contributed by atoms with E-state index in [4.69, 9.17) is 11.6 Å². The highest BCUT2D eigenvalue weighted by Gasteiger charge is 2.37. The summed E-state index contributed by atoms with van der Waals surface area (Å²) >= 11 is 7.19. The van der Waals surface area contributed by atoms with Gasteiger partial charge in [0.2, 0.25) is 0 Å². The van der Waals surface area contributed by atoms with Gasteiger partial charge in [-0.25, -0.2) is 0 Å². The van der Waals surface area contributed by atoms with Gasteiger partial charge in [-0.3, -0.25) is 29.4 Å². The summed E-state index contributed by atoms with van der Waals surface area (Å²) in [7, 11) is 0. The number of hydrogen-bond acceptors (Lipinski definition) is 6. The molecule has 1 saturated heterocycles. The second-order valence-electron chi connectivity index (χ2n) is 8.69. The van der Waals surface area contributed by atoms with Gasteiger partial charge in [0.05, 0.1) is 16.4 Å². The molecule has 190 valence electrons. The van der Waals surface area contributed by atoms with Crippen molar-refractivity contribution in [2.24, 2.45) is 0 Å². The second-order valence-corrected chi connectivity index (χ2v) is 10.1. The lowest BCUT2D eigenvalue weighted by molar-refractivity contribution is -0.384. The van der Waals surface area contributed by atoms with Crippen molar-refractivity contribution in [2.45, 2.75) is 13.5 Å². The lowest BCUT2D eigenvalue weighted by Crippen LogP contribution is -2.33. The van der Waals surface area contributed by atoms with E-state index < -0.39 is 28.4 Å². The molecule has 0 aliphatic carbocycles. The Kier molecular flexibility index (Phi) is 6.88. The van der Waals surface area contributed by atoms with Crippen molar-refractivity contribution in [3.8, 4) is 0 Å². The van der Waals surface area contributed by atoms with Crippen molar-refractivity contribution in [3.63, 3.8) is 0 Å². The molecule has 0 radical (unpaired) electrons. The highest BCUT2D eigenvalue weighted by molar-refractivity contribution is 8.18. The number of imide groups is 1. The first kappa shape index (κ1) is 25.4. The molecular formula is C28H20ClN3O5S. The van der Waals surface area contributed by atoms with Gasteiger partial charge >= 0.3 is 0 Å². The zero-order chi connectivity index (χ0) is 27.0. The standard InChI is InChI=1S/C28H20ClN3O5S/c1-17-22(21-7-3-5-9-24(21)30(17)15-19-6-2-4-8-23(19)29)14-26-27(34)31(28(35)38-26)16-25(33)18-10-12-20(13-11-18)32(36)37/h2-14H,15-16H2,1H3/b26-14-. The van der Waals surface area contributed by atoms with E-state index in [1.807, 2.05) is 55.5 Å². The van der Waals surface area contributed by atoms with E-state index in [9.17, 15) is 24.5 Å². The summed E-state index contributed by atoms with van der Waals surface area (Å²) < 4.78 is 2.12. The van der Waals surface area contributed by atoms with Crippen molar-refractivity contribution >= 4 is 63.0 Å². The zero-order valence-electron chi connectivity index (χ0n) is 20.1. The van der Waals surface area contributed by atoms with Gasteiger partial charge in [0, 0.05) is 51.4 Å². The highest BCUT2D eigenvalue weighted by Crippen LogP contribution is 2.36. The first-order valence-electron chi connectivity index (χ1n) is 11.6. The predicted molar refractivity (Wildman–Crippen MR) is 147 cm³/mol. The Bertz CT molecular complexity index is 1660. The number of nitro benzene ring substituents is 1. The maximum Gasteiger partial charge on any atom is 0.293 e. The molecular weight excluding hydrogens is 526 g/mol. The number of ketones is 1. The third kappa shape index (κ3) is 4.73. The summed E-state index contributed by atoms with van der Waals surface area (Å²) in [6, 6.07) is 20.4. The summed E-state index contributed by atoms with van der Waals surface area (Å²) in [4.78, 5) is 50.0. The largest absolute Gasteiger partial charge is 0.340 e. The lowest BCUT2D eigenvalue weighted by Gasteiger charge is -2.11. The normalized spacial score (nSPS) is 14.6. The van der Waals surface area contributed by atoms with Crippen molar-refractivity contribution in [2.75, 3.05) is 6.54 Å². The number of para-hydroxylation sites is 1. The summed E-state index contributed by atoms with van der Waals surface area (Å²) in [5, 5.41) is 11.9. The summed E-state index contributed by atoms with van der Waals surface area (Å²) in [5.41, 5.74) is 3.65. The molecule has 10 heteroatoms. The smallest absolute Gasteiger partial charge is 0.293 e. The lowest BCUT2D eigenvalue weighted by atomic mass is 10.1. The van der Waals surface area contributed by atoms with Crippen molar-refractivity contribution in [3.05, 3.63) is 115 Å². The average molecular weight is 546 g/mol. The van der Waals surface area contributed by atoms with Gasteiger partial charge in [-0.1, -0.05) is 48.0 Å². The van der Waals surface area contributed by atoms with Crippen LogP contribution in [0.15, 0.2) is 77.7 Å². The number of nitro groups is 1. The molecule has 0 saturated carbocycles. The van der Waals surface area contributed by atoms with E-state index in [1.54, 1.807) is 6.08 Å². The third-order valence-corrected chi connectivity index (χ3v) is 7.69. The van der Waals surface area contributed by atoms with Crippen molar-refractivity contribution in [1.82, 2.24) is 9.47 Å². The second kappa shape index (κ2) is 10.3. The van der Waals surface area contributed by atoms with Crippen LogP contribution in [0.25, 0.3) is 17.0 Å². The number of amides is 2. The van der Waals surface area contributed by atoms with E-state index in [-0.39, 0.29) is 16.2 Å².